The first-order chi connectivity index (χ1) is 33.2. The van der Waals surface area contributed by atoms with Crippen LogP contribution in [0.2, 0.25) is 0 Å². The maximum Gasteiger partial charge on any atom is 0.297 e. The van der Waals surface area contributed by atoms with E-state index in [1.54, 1.807) is 0 Å². The van der Waals surface area contributed by atoms with Crippen LogP contribution in [0.25, 0.3) is 44.0 Å². The molecule has 0 amide bonds. The molecule has 0 saturated heterocycles. The van der Waals surface area contributed by atoms with E-state index in [1.807, 2.05) is 0 Å². The highest BCUT2D eigenvalue weighted by molar-refractivity contribution is 7.00. The van der Waals surface area contributed by atoms with Gasteiger partial charge in [-0.05, 0) is 170 Å². The third-order valence-corrected chi connectivity index (χ3v) is 17.6. The molecule has 0 radical (unpaired) electrons. The lowest BCUT2D eigenvalue weighted by Crippen LogP contribution is -2.61. The van der Waals surface area contributed by atoms with Gasteiger partial charge in [0.15, 0.2) is 0 Å². The van der Waals surface area contributed by atoms with Crippen LogP contribution in [-0.4, -0.2) is 6.71 Å². The zero-order chi connectivity index (χ0) is 48.6. The Morgan fingerprint density at radius 1 is 0.486 bits per heavy atom. The molecule has 0 unspecified atom stereocenters. The molecule has 13 rings (SSSR count). The van der Waals surface area contributed by atoms with E-state index in [9.17, 15) is 0 Å². The van der Waals surface area contributed by atoms with Crippen molar-refractivity contribution in [1.82, 2.24) is 0 Å². The molecule has 9 aromatic rings. The zero-order valence-electron chi connectivity index (χ0n) is 43.2. The van der Waals surface area contributed by atoms with E-state index in [-0.39, 0.29) is 33.8 Å². The predicted molar refractivity (Wildman–Crippen MR) is 297 cm³/mol. The average Bonchev–Trinajstić information content (AvgIpc) is 3.89. The molecule has 0 N–H and O–H groups in total. The Labute approximate surface area is 414 Å². The normalized spacial score (nSPS) is 18.1. The number of hydrogen-bond donors (Lipinski definition) is 0. The first kappa shape index (κ1) is 43.6. The van der Waals surface area contributed by atoms with E-state index in [1.165, 1.54) is 78.2 Å². The van der Waals surface area contributed by atoms with Gasteiger partial charge in [-0.2, -0.15) is 0 Å². The van der Waals surface area contributed by atoms with Crippen LogP contribution in [0.3, 0.4) is 0 Å². The summed E-state index contributed by atoms with van der Waals surface area (Å²) in [6, 6.07) is 48.7. The van der Waals surface area contributed by atoms with Crippen LogP contribution < -0.4 is 26.4 Å². The molecule has 0 atom stereocenters. The molecule has 5 heteroatoms. The Hall–Kier alpha value is -6.46. The maximum atomic E-state index is 7.49. The van der Waals surface area contributed by atoms with E-state index in [4.69, 9.17) is 8.83 Å². The molecule has 4 aliphatic rings. The van der Waals surface area contributed by atoms with Gasteiger partial charge in [0.05, 0.1) is 17.0 Å². The highest BCUT2D eigenvalue weighted by Crippen LogP contribution is 2.55. The minimum absolute atomic E-state index is 0.000263. The minimum atomic E-state index is -0.164. The molecule has 2 aromatic heterocycles. The number of nitrogens with zero attached hydrogens (tertiary/aromatic N) is 2. The summed E-state index contributed by atoms with van der Waals surface area (Å²) in [7, 11) is 0. The highest BCUT2D eigenvalue weighted by Gasteiger charge is 2.50. The fraction of sp³-hybridized carbons (Fsp3) is 0.323. The van der Waals surface area contributed by atoms with E-state index in [2.05, 4.69) is 220 Å². The molecular weight excluding hydrogens is 852 g/mol. The van der Waals surface area contributed by atoms with Crippen molar-refractivity contribution >= 4 is 90.3 Å². The Morgan fingerprint density at radius 3 is 1.73 bits per heavy atom. The van der Waals surface area contributed by atoms with Crippen LogP contribution >= 0.6 is 0 Å². The summed E-state index contributed by atoms with van der Waals surface area (Å²) in [5.41, 5.74) is 24.1. The van der Waals surface area contributed by atoms with Gasteiger partial charge in [-0.15, -0.1) is 0 Å². The second-order valence-corrected chi connectivity index (χ2v) is 25.1. The second-order valence-electron chi connectivity index (χ2n) is 25.1. The Bertz CT molecular complexity index is 3690. The standard InChI is InChI=1S/C65H65BN2O2/c1-38-30-53-58-54(31-38)68(51-36-48-46(62(5,6)26-28-64(48,9)10)34-44(51)39-18-14-13-15-19-39)52-37-49-47(63(7,8)27-29-65(49,11)12)35-50(52)66(58)60-59(45-32-40(61(2,3)4)22-25-56(45)70-60)67(53)41-23-24-43-42-20-16-17-21-55(42)69-57(43)33-41/h13-25,30-37H,26-29H2,1-12H3. The van der Waals surface area contributed by atoms with Gasteiger partial charge < -0.3 is 18.6 Å². The molecule has 4 heterocycles. The van der Waals surface area contributed by atoms with Gasteiger partial charge in [-0.1, -0.05) is 137 Å². The fourth-order valence-corrected chi connectivity index (χ4v) is 13.2. The molecule has 350 valence electrons. The maximum absolute atomic E-state index is 7.49. The topological polar surface area (TPSA) is 32.8 Å². The number of anilines is 6. The summed E-state index contributed by atoms with van der Waals surface area (Å²) in [5, 5.41) is 3.39. The van der Waals surface area contributed by atoms with Crippen LogP contribution in [-0.2, 0) is 27.1 Å². The molecular formula is C65H65BN2O2. The number of furan rings is 2. The smallest absolute Gasteiger partial charge is 0.297 e. The average molecular weight is 917 g/mol. The van der Waals surface area contributed by atoms with Crippen LogP contribution in [0.1, 0.15) is 135 Å². The SMILES string of the molecule is Cc1cc2c3c(c1)N(c1ccc4c(c1)oc1ccccc14)c1c(oc4ccc(C(C)(C)C)cc14)B3c1cc3c(cc1N2c1cc2c(cc1-c1ccccc1)C(C)(C)CCC2(C)C)C(C)(C)CCC3(C)C. The van der Waals surface area contributed by atoms with E-state index in [0.29, 0.717) is 0 Å². The molecule has 0 spiro atoms. The number of fused-ring (bicyclic) bond motifs is 11. The number of aryl methyl sites for hydroxylation is 1. The lowest BCUT2D eigenvalue weighted by molar-refractivity contribution is 0.332. The zero-order valence-corrected chi connectivity index (χ0v) is 43.2. The Balaban J connectivity index is 1.18. The van der Waals surface area contributed by atoms with Crippen LogP contribution in [0.15, 0.2) is 136 Å². The molecule has 70 heavy (non-hydrogen) atoms. The van der Waals surface area contributed by atoms with E-state index in [0.717, 1.165) is 75.6 Å². The summed E-state index contributed by atoms with van der Waals surface area (Å²) in [6.07, 6.45) is 4.58. The van der Waals surface area contributed by atoms with Crippen molar-refractivity contribution in [2.75, 3.05) is 9.80 Å². The first-order valence-corrected chi connectivity index (χ1v) is 25.9. The van der Waals surface area contributed by atoms with Crippen LogP contribution in [0.4, 0.5) is 34.1 Å². The van der Waals surface area contributed by atoms with Gasteiger partial charge in [0.1, 0.15) is 16.7 Å². The summed E-state index contributed by atoms with van der Waals surface area (Å²) in [4.78, 5) is 5.22. The van der Waals surface area contributed by atoms with Crippen LogP contribution in [0.5, 0.6) is 0 Å². The summed E-state index contributed by atoms with van der Waals surface area (Å²) in [6.45, 7) is 28.8. The quantitative estimate of drug-likeness (QED) is 0.165. The molecule has 2 aliphatic heterocycles. The second kappa shape index (κ2) is 14.3. The predicted octanol–water partition coefficient (Wildman–Crippen LogP) is 16.4. The van der Waals surface area contributed by atoms with Gasteiger partial charge >= 0.3 is 0 Å². The first-order valence-electron chi connectivity index (χ1n) is 25.9. The fourth-order valence-electron chi connectivity index (χ4n) is 13.2. The molecule has 7 aromatic carbocycles. The van der Waals surface area contributed by atoms with Gasteiger partial charge in [0.25, 0.3) is 6.71 Å². The lowest BCUT2D eigenvalue weighted by atomic mass is 9.35. The van der Waals surface area contributed by atoms with Gasteiger partial charge in [0.2, 0.25) is 0 Å². The van der Waals surface area contributed by atoms with Crippen molar-refractivity contribution in [3.05, 3.63) is 161 Å². The number of rotatable bonds is 3. The minimum Gasteiger partial charge on any atom is -0.468 e. The Kier molecular flexibility index (Phi) is 8.92. The monoisotopic (exact) mass is 917 g/mol. The van der Waals surface area contributed by atoms with Crippen LogP contribution in [0, 0.1) is 6.92 Å². The van der Waals surface area contributed by atoms with Crippen molar-refractivity contribution in [3.63, 3.8) is 0 Å². The van der Waals surface area contributed by atoms with Crippen molar-refractivity contribution in [1.29, 1.82) is 0 Å². The van der Waals surface area contributed by atoms with Gasteiger partial charge in [-0.25, -0.2) is 0 Å². The van der Waals surface area contributed by atoms with Gasteiger partial charge in [0, 0.05) is 50.5 Å². The number of para-hydroxylation sites is 1. The third kappa shape index (κ3) is 6.21. The van der Waals surface area contributed by atoms with Crippen molar-refractivity contribution < 1.29 is 8.83 Å². The summed E-state index contributed by atoms with van der Waals surface area (Å²) in [5.74, 6) is 0. The summed E-state index contributed by atoms with van der Waals surface area (Å²) < 4.78 is 14.2. The van der Waals surface area contributed by atoms with Crippen molar-refractivity contribution in [3.8, 4) is 11.1 Å². The molecule has 0 saturated carbocycles. The van der Waals surface area contributed by atoms with E-state index >= 15 is 0 Å². The largest absolute Gasteiger partial charge is 0.468 e. The molecule has 4 nitrogen and oxygen atoms in total. The summed E-state index contributed by atoms with van der Waals surface area (Å²) >= 11 is 0. The Morgan fingerprint density at radius 2 is 1.06 bits per heavy atom. The highest BCUT2D eigenvalue weighted by atomic mass is 16.3. The third-order valence-electron chi connectivity index (χ3n) is 17.6. The number of hydrogen-bond acceptors (Lipinski definition) is 4. The van der Waals surface area contributed by atoms with Crippen molar-refractivity contribution in [2.45, 2.75) is 136 Å². The van der Waals surface area contributed by atoms with Gasteiger partial charge in [-0.3, -0.25) is 0 Å². The number of benzene rings is 7. The lowest BCUT2D eigenvalue weighted by Gasteiger charge is -2.47. The molecule has 0 bridgehead atoms. The van der Waals surface area contributed by atoms with E-state index < -0.39 is 0 Å². The molecule has 0 fully saturated rings. The van der Waals surface area contributed by atoms with Crippen molar-refractivity contribution in [2.24, 2.45) is 0 Å². The molecule has 2 aliphatic carbocycles.